The molecule has 0 bridgehead atoms. The molecular formula is C14H14N8. The van der Waals surface area contributed by atoms with Gasteiger partial charge in [-0.2, -0.15) is 0 Å². The van der Waals surface area contributed by atoms with Gasteiger partial charge in [0, 0.05) is 25.5 Å². The molecular weight excluding hydrogens is 280 g/mol. The van der Waals surface area contributed by atoms with E-state index in [-0.39, 0.29) is 0 Å². The van der Waals surface area contributed by atoms with Gasteiger partial charge in [0.2, 0.25) is 11.6 Å². The van der Waals surface area contributed by atoms with Crippen molar-refractivity contribution >= 4 is 0 Å². The van der Waals surface area contributed by atoms with E-state index in [1.807, 2.05) is 12.1 Å². The number of hydrogen-bond acceptors (Lipinski definition) is 8. The fraction of sp³-hybridized carbons (Fsp3) is 0.143. The lowest BCUT2D eigenvalue weighted by atomic mass is 10.2. The third-order valence-electron chi connectivity index (χ3n) is 3.06. The van der Waals surface area contributed by atoms with E-state index in [1.165, 1.54) is 0 Å². The Bertz CT molecular complexity index is 671. The average Bonchev–Trinajstić information content (AvgIpc) is 2.62. The number of hydrogen-bond donors (Lipinski definition) is 2. The molecule has 0 aromatic carbocycles. The molecule has 0 unspecified atom stereocenters. The largest absolute Gasteiger partial charge is 0.326 e. The van der Waals surface area contributed by atoms with Crippen molar-refractivity contribution in [2.75, 3.05) is 0 Å². The van der Waals surface area contributed by atoms with Crippen molar-refractivity contribution < 1.29 is 0 Å². The second-order valence-corrected chi connectivity index (χ2v) is 4.56. The summed E-state index contributed by atoms with van der Waals surface area (Å²) < 4.78 is 0. The van der Waals surface area contributed by atoms with E-state index in [2.05, 4.69) is 30.4 Å². The number of nitrogens with two attached hydrogens (primary N) is 2. The molecule has 22 heavy (non-hydrogen) atoms. The van der Waals surface area contributed by atoms with Crippen molar-refractivity contribution in [2.45, 2.75) is 13.1 Å². The highest BCUT2D eigenvalue weighted by atomic mass is 15.3. The molecule has 3 aromatic heterocycles. The average molecular weight is 294 g/mol. The van der Waals surface area contributed by atoms with Crippen LogP contribution in [-0.4, -0.2) is 30.4 Å². The van der Waals surface area contributed by atoms with Crippen molar-refractivity contribution in [1.29, 1.82) is 0 Å². The summed E-state index contributed by atoms with van der Waals surface area (Å²) in [5.74, 6) is 0.705. The molecule has 0 spiro atoms. The molecule has 0 atom stereocenters. The number of rotatable bonds is 4. The molecule has 0 aliphatic rings. The predicted molar refractivity (Wildman–Crippen MR) is 79.9 cm³/mol. The molecule has 0 amide bonds. The van der Waals surface area contributed by atoms with Gasteiger partial charge < -0.3 is 11.5 Å². The van der Waals surface area contributed by atoms with Gasteiger partial charge in [0.05, 0.1) is 0 Å². The van der Waals surface area contributed by atoms with Crippen molar-refractivity contribution in [2.24, 2.45) is 11.5 Å². The normalized spacial score (nSPS) is 10.6. The van der Waals surface area contributed by atoms with Crippen LogP contribution in [0.5, 0.6) is 0 Å². The van der Waals surface area contributed by atoms with Crippen LogP contribution in [0.4, 0.5) is 0 Å². The van der Waals surface area contributed by atoms with E-state index in [0.29, 0.717) is 36.1 Å². The molecule has 3 heterocycles. The quantitative estimate of drug-likeness (QED) is 0.703. The highest BCUT2D eigenvalue weighted by Crippen LogP contribution is 2.13. The molecule has 4 N–H and O–H groups in total. The Morgan fingerprint density at radius 3 is 1.32 bits per heavy atom. The fourth-order valence-corrected chi connectivity index (χ4v) is 1.79. The van der Waals surface area contributed by atoms with E-state index in [0.717, 1.165) is 11.1 Å². The van der Waals surface area contributed by atoms with E-state index in [4.69, 9.17) is 11.5 Å². The lowest BCUT2D eigenvalue weighted by Gasteiger charge is -2.01. The van der Waals surface area contributed by atoms with Crippen LogP contribution in [0.2, 0.25) is 0 Å². The van der Waals surface area contributed by atoms with Gasteiger partial charge in [0.1, 0.15) is 11.4 Å². The summed E-state index contributed by atoms with van der Waals surface area (Å²) in [5.41, 5.74) is 14.1. The number of aromatic nitrogens is 6. The van der Waals surface area contributed by atoms with Crippen molar-refractivity contribution in [3.8, 4) is 23.0 Å². The Kier molecular flexibility index (Phi) is 4.03. The standard InChI is InChI=1S/C14H14N8/c15-5-9-1-3-11(17-7-9)13-19-21-14(22-20-13)12-4-2-10(6-16)8-18-12/h1-4,7-8H,5-6,15-16H2. The van der Waals surface area contributed by atoms with Gasteiger partial charge in [-0.3, -0.25) is 9.97 Å². The van der Waals surface area contributed by atoms with Gasteiger partial charge in [-0.05, 0) is 23.3 Å². The summed E-state index contributed by atoms with van der Waals surface area (Å²) in [7, 11) is 0. The third kappa shape index (κ3) is 2.92. The van der Waals surface area contributed by atoms with Crippen LogP contribution in [0.15, 0.2) is 36.7 Å². The number of pyridine rings is 2. The molecule has 0 saturated heterocycles. The van der Waals surface area contributed by atoms with Gasteiger partial charge in [-0.25, -0.2) is 0 Å². The van der Waals surface area contributed by atoms with E-state index in [9.17, 15) is 0 Å². The van der Waals surface area contributed by atoms with Crippen LogP contribution in [0.1, 0.15) is 11.1 Å². The maximum Gasteiger partial charge on any atom is 0.221 e. The molecule has 0 fully saturated rings. The summed E-state index contributed by atoms with van der Waals surface area (Å²) in [5, 5.41) is 16.2. The molecule has 8 heteroatoms. The second-order valence-electron chi connectivity index (χ2n) is 4.56. The van der Waals surface area contributed by atoms with Crippen LogP contribution < -0.4 is 11.5 Å². The summed E-state index contributed by atoms with van der Waals surface area (Å²) in [4.78, 5) is 8.46. The highest BCUT2D eigenvalue weighted by molar-refractivity contribution is 5.51. The van der Waals surface area contributed by atoms with Crippen molar-refractivity contribution in [1.82, 2.24) is 30.4 Å². The Labute approximate surface area is 126 Å². The fourth-order valence-electron chi connectivity index (χ4n) is 1.79. The molecule has 3 aromatic rings. The highest BCUT2D eigenvalue weighted by Gasteiger charge is 2.08. The lowest BCUT2D eigenvalue weighted by Crippen LogP contribution is -2.03. The minimum absolute atomic E-state index is 0.353. The number of nitrogens with zero attached hydrogens (tertiary/aromatic N) is 6. The Balaban J connectivity index is 1.84. The summed E-state index contributed by atoms with van der Waals surface area (Å²) in [6, 6.07) is 7.31. The van der Waals surface area contributed by atoms with Crippen LogP contribution in [0.3, 0.4) is 0 Å². The van der Waals surface area contributed by atoms with Crippen molar-refractivity contribution in [3.05, 3.63) is 47.8 Å². The molecule has 0 aliphatic carbocycles. The van der Waals surface area contributed by atoms with Gasteiger partial charge in [-0.15, -0.1) is 20.4 Å². The first-order valence-corrected chi connectivity index (χ1v) is 6.68. The molecule has 0 saturated carbocycles. The second kappa shape index (κ2) is 6.29. The summed E-state index contributed by atoms with van der Waals surface area (Å²) in [6.45, 7) is 0.877. The summed E-state index contributed by atoms with van der Waals surface area (Å²) in [6.07, 6.45) is 3.36. The monoisotopic (exact) mass is 294 g/mol. The molecule has 110 valence electrons. The van der Waals surface area contributed by atoms with Crippen LogP contribution >= 0.6 is 0 Å². The molecule has 0 radical (unpaired) electrons. The van der Waals surface area contributed by atoms with Crippen LogP contribution in [-0.2, 0) is 13.1 Å². The first kappa shape index (κ1) is 14.1. The SMILES string of the molecule is NCc1ccc(-c2nnc(-c3ccc(CN)cn3)nn2)nc1. The minimum atomic E-state index is 0.353. The first-order valence-electron chi connectivity index (χ1n) is 6.68. The maximum atomic E-state index is 5.53. The molecule has 8 nitrogen and oxygen atoms in total. The smallest absolute Gasteiger partial charge is 0.221 e. The van der Waals surface area contributed by atoms with Crippen molar-refractivity contribution in [3.63, 3.8) is 0 Å². The zero-order chi connectivity index (χ0) is 15.4. The van der Waals surface area contributed by atoms with Crippen LogP contribution in [0, 0.1) is 0 Å². The van der Waals surface area contributed by atoms with Gasteiger partial charge in [-0.1, -0.05) is 12.1 Å². The van der Waals surface area contributed by atoms with E-state index >= 15 is 0 Å². The Hall–Kier alpha value is -2.84. The Morgan fingerprint density at radius 2 is 1.05 bits per heavy atom. The van der Waals surface area contributed by atoms with Gasteiger partial charge in [0.15, 0.2) is 0 Å². The first-order chi connectivity index (χ1) is 10.8. The lowest BCUT2D eigenvalue weighted by molar-refractivity contribution is 0.863. The molecule has 0 aliphatic heterocycles. The summed E-state index contributed by atoms with van der Waals surface area (Å²) >= 11 is 0. The zero-order valence-electron chi connectivity index (χ0n) is 11.7. The topological polar surface area (TPSA) is 129 Å². The zero-order valence-corrected chi connectivity index (χ0v) is 11.7. The van der Waals surface area contributed by atoms with Gasteiger partial charge in [0.25, 0.3) is 0 Å². The Morgan fingerprint density at radius 1 is 0.636 bits per heavy atom. The van der Waals surface area contributed by atoms with Gasteiger partial charge >= 0.3 is 0 Å². The minimum Gasteiger partial charge on any atom is -0.326 e. The van der Waals surface area contributed by atoms with E-state index in [1.54, 1.807) is 24.5 Å². The van der Waals surface area contributed by atoms with E-state index < -0.39 is 0 Å². The maximum absolute atomic E-state index is 5.53. The van der Waals surface area contributed by atoms with Crippen LogP contribution in [0.25, 0.3) is 23.0 Å². The molecule has 3 rings (SSSR count). The predicted octanol–water partition coefficient (Wildman–Crippen LogP) is 0.308. The third-order valence-corrected chi connectivity index (χ3v) is 3.06.